The van der Waals surface area contributed by atoms with Gasteiger partial charge in [0.25, 0.3) is 0 Å². The van der Waals surface area contributed by atoms with Crippen LogP contribution in [0, 0.1) is 0 Å². The second kappa shape index (κ2) is 9.19. The highest BCUT2D eigenvalue weighted by Gasteiger charge is 2.08. The maximum Gasteiger partial charge on any atom is 0.194 e. The topological polar surface area (TPSA) is 32.6 Å². The summed E-state index contributed by atoms with van der Waals surface area (Å²) >= 11 is 3.45. The van der Waals surface area contributed by atoms with E-state index in [1.54, 1.807) is 0 Å². The molecule has 1 heterocycles. The number of aliphatic imine (C=N–C) groups is 1. The lowest BCUT2D eigenvalue weighted by Crippen LogP contribution is -2.38. The van der Waals surface area contributed by atoms with Gasteiger partial charge in [-0.3, -0.25) is 4.99 Å². The summed E-state index contributed by atoms with van der Waals surface area (Å²) in [6.45, 7) is 1.58. The van der Waals surface area contributed by atoms with Gasteiger partial charge < -0.3 is 14.8 Å². The molecule has 0 saturated heterocycles. The number of hydrogen-bond acceptors (Lipinski definition) is 1. The third-order valence-electron chi connectivity index (χ3n) is 3.39. The monoisotopic (exact) mass is 476 g/mol. The number of halogens is 2. The number of aryl methyl sites for hydroxylation is 1. The predicted molar refractivity (Wildman–Crippen MR) is 107 cm³/mol. The summed E-state index contributed by atoms with van der Waals surface area (Å²) in [7, 11) is 5.91. The van der Waals surface area contributed by atoms with Crippen molar-refractivity contribution in [3.63, 3.8) is 0 Å². The Hall–Kier alpha value is -1.02. The molecule has 0 unspecified atom stereocenters. The number of nitrogens with zero attached hydrogens (tertiary/aromatic N) is 3. The zero-order valence-electron chi connectivity index (χ0n) is 13.1. The van der Waals surface area contributed by atoms with E-state index < -0.39 is 0 Å². The molecule has 0 bridgehead atoms. The van der Waals surface area contributed by atoms with E-state index in [0.717, 1.165) is 23.5 Å². The number of rotatable bonds is 4. The van der Waals surface area contributed by atoms with Crippen molar-refractivity contribution in [3.8, 4) is 0 Å². The fourth-order valence-corrected chi connectivity index (χ4v) is 2.41. The van der Waals surface area contributed by atoms with Crippen LogP contribution in [0.2, 0.25) is 0 Å². The van der Waals surface area contributed by atoms with Crippen LogP contribution in [0.4, 0.5) is 0 Å². The van der Waals surface area contributed by atoms with Gasteiger partial charge in [-0.15, -0.1) is 24.0 Å². The number of benzene rings is 1. The average molecular weight is 477 g/mol. The molecule has 0 radical (unpaired) electrons. The van der Waals surface area contributed by atoms with Gasteiger partial charge in [-0.25, -0.2) is 0 Å². The quantitative estimate of drug-likeness (QED) is 0.415. The van der Waals surface area contributed by atoms with E-state index in [2.05, 4.69) is 73.2 Å². The van der Waals surface area contributed by atoms with Crippen LogP contribution in [0.15, 0.2) is 52.1 Å². The van der Waals surface area contributed by atoms with Crippen molar-refractivity contribution in [1.82, 2.24) is 14.8 Å². The zero-order valence-corrected chi connectivity index (χ0v) is 17.0. The molecular weight excluding hydrogens is 455 g/mol. The Bertz CT molecular complexity index is 607. The normalized spacial score (nSPS) is 11.0. The van der Waals surface area contributed by atoms with Gasteiger partial charge in [0.1, 0.15) is 0 Å². The molecule has 4 nitrogen and oxygen atoms in total. The standard InChI is InChI=1S/C16H21BrN4.HI/c1-18-16(19-11-13-6-8-14(17)9-7-13)21(3)12-15-5-4-10-20(15)2;/h4-10H,11-12H2,1-3H3,(H,18,19);1H. The predicted octanol–water partition coefficient (Wildman–Crippen LogP) is 3.61. The lowest BCUT2D eigenvalue weighted by molar-refractivity contribution is 0.461. The summed E-state index contributed by atoms with van der Waals surface area (Å²) in [6, 6.07) is 12.5. The minimum absolute atomic E-state index is 0. The number of nitrogens with one attached hydrogen (secondary N) is 1. The van der Waals surface area contributed by atoms with Gasteiger partial charge in [0.2, 0.25) is 0 Å². The lowest BCUT2D eigenvalue weighted by Gasteiger charge is -2.22. The second-order valence-electron chi connectivity index (χ2n) is 4.99. The summed E-state index contributed by atoms with van der Waals surface area (Å²) < 4.78 is 3.22. The maximum atomic E-state index is 4.34. The molecule has 1 N–H and O–H groups in total. The highest BCUT2D eigenvalue weighted by molar-refractivity contribution is 14.0. The van der Waals surface area contributed by atoms with Crippen LogP contribution in [0.3, 0.4) is 0 Å². The fraction of sp³-hybridized carbons (Fsp3) is 0.312. The third kappa shape index (κ3) is 5.31. The second-order valence-corrected chi connectivity index (χ2v) is 5.91. The van der Waals surface area contributed by atoms with Crippen molar-refractivity contribution in [1.29, 1.82) is 0 Å². The van der Waals surface area contributed by atoms with Gasteiger partial charge >= 0.3 is 0 Å². The van der Waals surface area contributed by atoms with Gasteiger partial charge in [0, 0.05) is 44.1 Å². The molecule has 2 aromatic rings. The van der Waals surface area contributed by atoms with Crippen molar-refractivity contribution >= 4 is 45.9 Å². The van der Waals surface area contributed by atoms with Gasteiger partial charge in [-0.1, -0.05) is 28.1 Å². The molecule has 0 fully saturated rings. The zero-order chi connectivity index (χ0) is 15.2. The summed E-state index contributed by atoms with van der Waals surface area (Å²) in [5.41, 5.74) is 2.48. The Morgan fingerprint density at radius 3 is 2.50 bits per heavy atom. The van der Waals surface area contributed by atoms with E-state index in [-0.39, 0.29) is 24.0 Å². The van der Waals surface area contributed by atoms with Crippen LogP contribution < -0.4 is 5.32 Å². The summed E-state index contributed by atoms with van der Waals surface area (Å²) in [5, 5.41) is 3.39. The van der Waals surface area contributed by atoms with Crippen LogP contribution in [-0.4, -0.2) is 29.5 Å². The first-order chi connectivity index (χ1) is 10.1. The molecular formula is C16H22BrIN4. The van der Waals surface area contributed by atoms with Crippen LogP contribution >= 0.6 is 39.9 Å². The molecule has 0 aliphatic heterocycles. The van der Waals surface area contributed by atoms with Crippen LogP contribution in [0.25, 0.3) is 0 Å². The van der Waals surface area contributed by atoms with Gasteiger partial charge in [-0.2, -0.15) is 0 Å². The van der Waals surface area contributed by atoms with Crippen LogP contribution in [-0.2, 0) is 20.1 Å². The average Bonchev–Trinajstić information content (AvgIpc) is 2.87. The fourth-order valence-electron chi connectivity index (χ4n) is 2.15. The lowest BCUT2D eigenvalue weighted by atomic mass is 10.2. The van der Waals surface area contributed by atoms with Crippen molar-refractivity contribution in [2.24, 2.45) is 12.0 Å². The summed E-state index contributed by atoms with van der Waals surface area (Å²) in [5.74, 6) is 0.888. The first-order valence-corrected chi connectivity index (χ1v) is 7.66. The van der Waals surface area contributed by atoms with E-state index in [9.17, 15) is 0 Å². The number of guanidine groups is 1. The molecule has 0 aliphatic carbocycles. The molecule has 1 aromatic heterocycles. The van der Waals surface area contributed by atoms with Crippen molar-refractivity contribution < 1.29 is 0 Å². The molecule has 0 aliphatic rings. The Labute approximate surface area is 157 Å². The van der Waals surface area contributed by atoms with E-state index in [4.69, 9.17) is 0 Å². The SMILES string of the molecule is CN=C(NCc1ccc(Br)cc1)N(C)Cc1cccn1C.I. The first-order valence-electron chi connectivity index (χ1n) is 6.86. The Kier molecular flexibility index (Phi) is 7.95. The largest absolute Gasteiger partial charge is 0.353 e. The van der Waals surface area contributed by atoms with Gasteiger partial charge in [-0.05, 0) is 29.8 Å². The minimum atomic E-state index is 0. The molecule has 0 amide bonds. The molecule has 0 spiro atoms. The molecule has 6 heteroatoms. The highest BCUT2D eigenvalue weighted by Crippen LogP contribution is 2.10. The van der Waals surface area contributed by atoms with Crippen LogP contribution in [0.1, 0.15) is 11.3 Å². The maximum absolute atomic E-state index is 4.34. The third-order valence-corrected chi connectivity index (χ3v) is 3.92. The highest BCUT2D eigenvalue weighted by atomic mass is 127. The van der Waals surface area contributed by atoms with Crippen molar-refractivity contribution in [2.45, 2.75) is 13.1 Å². The first kappa shape index (κ1) is 19.0. The van der Waals surface area contributed by atoms with E-state index in [1.165, 1.54) is 11.3 Å². The van der Waals surface area contributed by atoms with Gasteiger partial charge in [0.15, 0.2) is 5.96 Å². The molecule has 2 rings (SSSR count). The van der Waals surface area contributed by atoms with Crippen LogP contribution in [0.5, 0.6) is 0 Å². The van der Waals surface area contributed by atoms with E-state index >= 15 is 0 Å². The molecule has 22 heavy (non-hydrogen) atoms. The number of hydrogen-bond donors (Lipinski definition) is 1. The van der Waals surface area contributed by atoms with Gasteiger partial charge in [0.05, 0.1) is 6.54 Å². The molecule has 1 aromatic carbocycles. The Morgan fingerprint density at radius 1 is 1.27 bits per heavy atom. The molecule has 120 valence electrons. The molecule has 0 saturated carbocycles. The van der Waals surface area contributed by atoms with E-state index in [1.807, 2.05) is 26.2 Å². The number of aromatic nitrogens is 1. The minimum Gasteiger partial charge on any atom is -0.353 e. The summed E-state index contributed by atoms with van der Waals surface area (Å²) in [6.07, 6.45) is 2.06. The Morgan fingerprint density at radius 2 is 1.95 bits per heavy atom. The van der Waals surface area contributed by atoms with E-state index in [0.29, 0.717) is 0 Å². The van der Waals surface area contributed by atoms with Crippen molar-refractivity contribution in [3.05, 3.63) is 58.3 Å². The Balaban J connectivity index is 0.00000242. The van der Waals surface area contributed by atoms with Crippen molar-refractivity contribution in [2.75, 3.05) is 14.1 Å². The smallest absolute Gasteiger partial charge is 0.194 e. The summed E-state index contributed by atoms with van der Waals surface area (Å²) in [4.78, 5) is 6.46. The molecule has 0 atom stereocenters.